The minimum atomic E-state index is -0.891. The zero-order chi connectivity index (χ0) is 12.3. The van der Waals surface area contributed by atoms with Crippen LogP contribution in [0.3, 0.4) is 0 Å². The first-order chi connectivity index (χ1) is 8.16. The topological polar surface area (TPSA) is 60.8 Å². The van der Waals surface area contributed by atoms with Gasteiger partial charge in [0.1, 0.15) is 0 Å². The van der Waals surface area contributed by atoms with Gasteiger partial charge in [-0.1, -0.05) is 30.3 Å². The Morgan fingerprint density at radius 3 is 2.71 bits per heavy atom. The van der Waals surface area contributed by atoms with E-state index in [2.05, 4.69) is 0 Å². The molecule has 1 saturated heterocycles. The van der Waals surface area contributed by atoms with E-state index in [1.54, 1.807) is 0 Å². The zero-order valence-electron chi connectivity index (χ0n) is 9.62. The predicted molar refractivity (Wildman–Crippen MR) is 63.9 cm³/mol. The molecule has 1 aromatic rings. The molecule has 2 atom stereocenters. The molecule has 1 heterocycles. The van der Waals surface area contributed by atoms with Crippen LogP contribution in [0.2, 0.25) is 0 Å². The van der Waals surface area contributed by atoms with Gasteiger partial charge in [-0.2, -0.15) is 0 Å². The van der Waals surface area contributed by atoms with Gasteiger partial charge in [-0.3, -0.25) is 0 Å². The van der Waals surface area contributed by atoms with Gasteiger partial charge in [0.05, 0.1) is 6.10 Å². The van der Waals surface area contributed by atoms with Crippen LogP contribution < -0.4 is 0 Å². The average Bonchev–Trinajstić information content (AvgIpc) is 2.30. The van der Waals surface area contributed by atoms with E-state index in [-0.39, 0.29) is 12.1 Å². The van der Waals surface area contributed by atoms with E-state index < -0.39 is 6.09 Å². The molecule has 92 valence electrons. The van der Waals surface area contributed by atoms with Gasteiger partial charge in [0.25, 0.3) is 0 Å². The van der Waals surface area contributed by atoms with Crippen molar-refractivity contribution in [3.05, 3.63) is 35.9 Å². The zero-order valence-corrected chi connectivity index (χ0v) is 9.62. The number of benzene rings is 1. The van der Waals surface area contributed by atoms with Crippen molar-refractivity contribution in [1.82, 2.24) is 4.90 Å². The van der Waals surface area contributed by atoms with E-state index >= 15 is 0 Å². The molecule has 0 aliphatic carbocycles. The van der Waals surface area contributed by atoms with Crippen molar-refractivity contribution < 1.29 is 15.0 Å². The molecule has 1 aliphatic rings. The van der Waals surface area contributed by atoms with Crippen LogP contribution in [0.4, 0.5) is 4.79 Å². The van der Waals surface area contributed by atoms with Crippen molar-refractivity contribution in [1.29, 1.82) is 0 Å². The molecule has 0 unspecified atom stereocenters. The Balaban J connectivity index is 2.08. The molecular weight excluding hydrogens is 218 g/mol. The number of carbonyl (C=O) groups is 1. The summed E-state index contributed by atoms with van der Waals surface area (Å²) in [6.45, 7) is 0.425. The maximum atomic E-state index is 11.1. The monoisotopic (exact) mass is 235 g/mol. The Labute approximate surface area is 100 Å². The molecule has 17 heavy (non-hydrogen) atoms. The fourth-order valence-corrected chi connectivity index (χ4v) is 2.36. The second kappa shape index (κ2) is 5.19. The number of likely N-dealkylation sites (tertiary alicyclic amines) is 1. The van der Waals surface area contributed by atoms with Gasteiger partial charge in [0.15, 0.2) is 0 Å². The summed E-state index contributed by atoms with van der Waals surface area (Å²) in [5.74, 6) is 0. The van der Waals surface area contributed by atoms with Gasteiger partial charge in [0.2, 0.25) is 0 Å². The van der Waals surface area contributed by atoms with Crippen LogP contribution in [0.1, 0.15) is 18.4 Å². The molecule has 2 rings (SSSR count). The first kappa shape index (κ1) is 11.9. The smallest absolute Gasteiger partial charge is 0.407 e. The van der Waals surface area contributed by atoms with Crippen LogP contribution >= 0.6 is 0 Å². The lowest BCUT2D eigenvalue weighted by Gasteiger charge is -2.36. The molecule has 2 N–H and O–H groups in total. The van der Waals surface area contributed by atoms with Gasteiger partial charge < -0.3 is 15.1 Å². The lowest BCUT2D eigenvalue weighted by atomic mass is 9.94. The highest BCUT2D eigenvalue weighted by atomic mass is 16.4. The number of aliphatic hydroxyl groups excluding tert-OH is 1. The van der Waals surface area contributed by atoms with Crippen molar-refractivity contribution in [3.8, 4) is 0 Å². The molecule has 0 spiro atoms. The first-order valence-corrected chi connectivity index (χ1v) is 5.88. The van der Waals surface area contributed by atoms with E-state index in [0.717, 1.165) is 5.56 Å². The minimum Gasteiger partial charge on any atom is -0.465 e. The maximum Gasteiger partial charge on any atom is 0.407 e. The third-order valence-electron chi connectivity index (χ3n) is 3.25. The number of hydrogen-bond donors (Lipinski definition) is 2. The summed E-state index contributed by atoms with van der Waals surface area (Å²) in [5.41, 5.74) is 1.11. The SMILES string of the molecule is O=C(O)N1CC[C@@H](O)C[C@@H]1Cc1ccccc1. The summed E-state index contributed by atoms with van der Waals surface area (Å²) in [4.78, 5) is 12.6. The van der Waals surface area contributed by atoms with Crippen molar-refractivity contribution >= 4 is 6.09 Å². The molecule has 1 amide bonds. The number of piperidine rings is 1. The van der Waals surface area contributed by atoms with Crippen LogP contribution in [0, 0.1) is 0 Å². The Morgan fingerprint density at radius 1 is 1.35 bits per heavy atom. The predicted octanol–water partition coefficient (Wildman–Crippen LogP) is 1.73. The first-order valence-electron chi connectivity index (χ1n) is 5.88. The number of nitrogens with zero attached hydrogens (tertiary/aromatic N) is 1. The van der Waals surface area contributed by atoms with Gasteiger partial charge in [0, 0.05) is 12.6 Å². The number of amides is 1. The molecule has 4 heteroatoms. The van der Waals surface area contributed by atoms with Gasteiger partial charge in [-0.25, -0.2) is 4.79 Å². The number of aliphatic hydroxyl groups is 1. The number of hydrogen-bond acceptors (Lipinski definition) is 2. The summed E-state index contributed by atoms with van der Waals surface area (Å²) in [7, 11) is 0. The average molecular weight is 235 g/mol. The molecular formula is C13H17NO3. The van der Waals surface area contributed by atoms with Crippen LogP contribution in [0.5, 0.6) is 0 Å². The number of rotatable bonds is 2. The maximum absolute atomic E-state index is 11.1. The van der Waals surface area contributed by atoms with Crippen LogP contribution in [-0.4, -0.2) is 39.9 Å². The van der Waals surface area contributed by atoms with Crippen molar-refractivity contribution in [2.24, 2.45) is 0 Å². The number of carboxylic acid groups (broad SMARTS) is 1. The molecule has 0 saturated carbocycles. The Bertz CT molecular complexity index is 380. The summed E-state index contributed by atoms with van der Waals surface area (Å²) in [6.07, 6.45) is 0.473. The largest absolute Gasteiger partial charge is 0.465 e. The van der Waals surface area contributed by atoms with Crippen molar-refractivity contribution in [3.63, 3.8) is 0 Å². The third-order valence-corrected chi connectivity index (χ3v) is 3.25. The summed E-state index contributed by atoms with van der Waals surface area (Å²) in [6, 6.07) is 9.69. The standard InChI is InChI=1S/C13H17NO3/c15-12-6-7-14(13(16)17)11(9-12)8-10-4-2-1-3-5-10/h1-5,11-12,15H,6-9H2,(H,16,17)/t11-,12+/m0/s1. The fourth-order valence-electron chi connectivity index (χ4n) is 2.36. The van der Waals surface area contributed by atoms with E-state index in [4.69, 9.17) is 5.11 Å². The fraction of sp³-hybridized carbons (Fsp3) is 0.462. The quantitative estimate of drug-likeness (QED) is 0.820. The Morgan fingerprint density at radius 2 is 2.06 bits per heavy atom. The second-order valence-electron chi connectivity index (χ2n) is 4.50. The highest BCUT2D eigenvalue weighted by Crippen LogP contribution is 2.21. The summed E-state index contributed by atoms with van der Waals surface area (Å²) in [5, 5.41) is 18.8. The normalized spacial score (nSPS) is 24.6. The summed E-state index contributed by atoms with van der Waals surface area (Å²) < 4.78 is 0. The molecule has 1 fully saturated rings. The van der Waals surface area contributed by atoms with E-state index in [0.29, 0.717) is 25.8 Å². The van der Waals surface area contributed by atoms with Gasteiger partial charge in [-0.05, 0) is 24.8 Å². The molecule has 1 aromatic carbocycles. The lowest BCUT2D eigenvalue weighted by molar-refractivity contribution is 0.0431. The second-order valence-corrected chi connectivity index (χ2v) is 4.50. The van der Waals surface area contributed by atoms with Crippen LogP contribution in [0.25, 0.3) is 0 Å². The molecule has 0 aromatic heterocycles. The Kier molecular flexibility index (Phi) is 3.64. The summed E-state index contributed by atoms with van der Waals surface area (Å²) >= 11 is 0. The van der Waals surface area contributed by atoms with Gasteiger partial charge >= 0.3 is 6.09 Å². The van der Waals surface area contributed by atoms with Gasteiger partial charge in [-0.15, -0.1) is 0 Å². The molecule has 1 aliphatic heterocycles. The van der Waals surface area contributed by atoms with Crippen molar-refractivity contribution in [2.75, 3.05) is 6.54 Å². The highest BCUT2D eigenvalue weighted by molar-refractivity contribution is 5.65. The minimum absolute atomic E-state index is 0.112. The molecule has 0 bridgehead atoms. The molecule has 4 nitrogen and oxygen atoms in total. The van der Waals surface area contributed by atoms with Crippen LogP contribution in [-0.2, 0) is 6.42 Å². The lowest BCUT2D eigenvalue weighted by Crippen LogP contribution is -2.48. The van der Waals surface area contributed by atoms with E-state index in [1.165, 1.54) is 4.90 Å². The van der Waals surface area contributed by atoms with Crippen LogP contribution in [0.15, 0.2) is 30.3 Å². The van der Waals surface area contributed by atoms with E-state index in [9.17, 15) is 9.90 Å². The van der Waals surface area contributed by atoms with Crippen molar-refractivity contribution in [2.45, 2.75) is 31.4 Å². The van der Waals surface area contributed by atoms with E-state index in [1.807, 2.05) is 30.3 Å². The Hall–Kier alpha value is -1.55. The third kappa shape index (κ3) is 2.97. The molecule has 0 radical (unpaired) electrons. The highest BCUT2D eigenvalue weighted by Gasteiger charge is 2.30.